The van der Waals surface area contributed by atoms with Crippen molar-refractivity contribution in [3.63, 3.8) is 0 Å². The van der Waals surface area contributed by atoms with Gasteiger partial charge in [0.1, 0.15) is 5.76 Å². The smallest absolute Gasteiger partial charge is 0.300 e. The predicted molar refractivity (Wildman–Crippen MR) is 140 cm³/mol. The van der Waals surface area contributed by atoms with Crippen molar-refractivity contribution >= 4 is 57.2 Å². The first-order valence-electron chi connectivity index (χ1n) is 11.1. The molecule has 1 atom stereocenters. The second-order valence-electron chi connectivity index (χ2n) is 8.85. The van der Waals surface area contributed by atoms with Gasteiger partial charge in [0.2, 0.25) is 0 Å². The van der Waals surface area contributed by atoms with Crippen molar-refractivity contribution in [2.24, 2.45) is 0 Å². The highest BCUT2D eigenvalue weighted by Gasteiger charge is 2.48. The molecular weight excluding hydrogens is 483 g/mol. The molecular formula is C28H22Cl2N2O3. The van der Waals surface area contributed by atoms with Crippen LogP contribution in [0.4, 0.5) is 5.69 Å². The average Bonchev–Trinajstić information content (AvgIpc) is 3.27. The fourth-order valence-electron chi connectivity index (χ4n) is 4.91. The van der Waals surface area contributed by atoms with Gasteiger partial charge in [0.05, 0.1) is 21.7 Å². The van der Waals surface area contributed by atoms with Crippen molar-refractivity contribution < 1.29 is 14.7 Å². The number of carbonyl (C=O) groups is 2. The Morgan fingerprint density at radius 1 is 0.914 bits per heavy atom. The van der Waals surface area contributed by atoms with E-state index in [1.165, 1.54) is 11.0 Å². The normalized spacial score (nSPS) is 17.5. The van der Waals surface area contributed by atoms with Gasteiger partial charge in [-0.3, -0.25) is 14.5 Å². The number of benzene rings is 3. The fraction of sp³-hybridized carbons (Fsp3) is 0.143. The number of aliphatic hydroxyl groups excluding tert-OH is 1. The number of aliphatic hydroxyl groups is 1. The van der Waals surface area contributed by atoms with Gasteiger partial charge < -0.3 is 10.1 Å². The van der Waals surface area contributed by atoms with Gasteiger partial charge in [0.25, 0.3) is 11.7 Å². The summed E-state index contributed by atoms with van der Waals surface area (Å²) in [6.45, 7) is 5.78. The molecule has 1 unspecified atom stereocenters. The van der Waals surface area contributed by atoms with Crippen molar-refractivity contribution in [1.82, 2.24) is 4.98 Å². The first-order chi connectivity index (χ1) is 16.7. The molecule has 2 N–H and O–H groups in total. The molecule has 1 amide bonds. The summed E-state index contributed by atoms with van der Waals surface area (Å²) in [6, 6.07) is 17.2. The maximum absolute atomic E-state index is 13.5. The Morgan fingerprint density at radius 3 is 2.29 bits per heavy atom. The molecule has 1 aliphatic heterocycles. The minimum Gasteiger partial charge on any atom is -0.507 e. The maximum Gasteiger partial charge on any atom is 0.300 e. The number of hydrogen-bond donors (Lipinski definition) is 2. The van der Waals surface area contributed by atoms with Gasteiger partial charge in [0, 0.05) is 33.4 Å². The summed E-state index contributed by atoms with van der Waals surface area (Å²) >= 11 is 12.3. The molecule has 0 aliphatic carbocycles. The lowest BCUT2D eigenvalue weighted by Crippen LogP contribution is -2.29. The van der Waals surface area contributed by atoms with Crippen LogP contribution in [-0.2, 0) is 9.59 Å². The van der Waals surface area contributed by atoms with E-state index in [0.717, 1.165) is 33.3 Å². The van der Waals surface area contributed by atoms with E-state index in [1.54, 1.807) is 12.1 Å². The number of rotatable bonds is 3. The molecule has 0 saturated carbocycles. The molecule has 5 nitrogen and oxygen atoms in total. The van der Waals surface area contributed by atoms with Crippen LogP contribution >= 0.6 is 23.2 Å². The highest BCUT2D eigenvalue weighted by atomic mass is 35.5. The number of hydrogen-bond acceptors (Lipinski definition) is 3. The van der Waals surface area contributed by atoms with Crippen LogP contribution in [0.25, 0.3) is 16.7 Å². The maximum atomic E-state index is 13.5. The minimum atomic E-state index is -0.846. The number of para-hydroxylation sites is 1. The lowest BCUT2D eigenvalue weighted by molar-refractivity contribution is -0.132. The molecule has 35 heavy (non-hydrogen) atoms. The number of carbonyl (C=O) groups excluding carboxylic acids is 2. The van der Waals surface area contributed by atoms with Crippen molar-refractivity contribution in [1.29, 1.82) is 0 Å². The van der Waals surface area contributed by atoms with Gasteiger partial charge in [-0.25, -0.2) is 0 Å². The van der Waals surface area contributed by atoms with Crippen molar-refractivity contribution in [2.45, 2.75) is 26.8 Å². The Kier molecular flexibility index (Phi) is 5.70. The fourth-order valence-corrected chi connectivity index (χ4v) is 5.21. The Balaban J connectivity index is 1.84. The van der Waals surface area contributed by atoms with E-state index < -0.39 is 17.7 Å². The Labute approximate surface area is 212 Å². The molecule has 1 fully saturated rings. The highest BCUT2D eigenvalue weighted by Crippen LogP contribution is 2.46. The van der Waals surface area contributed by atoms with E-state index in [1.807, 2.05) is 63.2 Å². The number of halogens is 2. The number of nitrogens with one attached hydrogen (secondary N) is 1. The number of anilines is 1. The van der Waals surface area contributed by atoms with Crippen LogP contribution in [0, 0.1) is 20.8 Å². The summed E-state index contributed by atoms with van der Waals surface area (Å²) in [4.78, 5) is 31.9. The lowest BCUT2D eigenvalue weighted by atomic mass is 9.93. The van der Waals surface area contributed by atoms with Crippen LogP contribution in [0.1, 0.15) is 34.0 Å². The van der Waals surface area contributed by atoms with Crippen molar-refractivity contribution in [3.05, 3.63) is 104 Å². The highest BCUT2D eigenvalue weighted by molar-refractivity contribution is 6.52. The van der Waals surface area contributed by atoms with Gasteiger partial charge >= 0.3 is 0 Å². The molecule has 5 rings (SSSR count). The van der Waals surface area contributed by atoms with E-state index in [-0.39, 0.29) is 16.4 Å². The van der Waals surface area contributed by atoms with E-state index in [9.17, 15) is 14.7 Å². The number of aromatic nitrogens is 1. The Hall–Kier alpha value is -3.54. The van der Waals surface area contributed by atoms with Gasteiger partial charge in [-0.2, -0.15) is 0 Å². The number of nitrogens with zero attached hydrogens (tertiary/aromatic N) is 1. The number of Topliss-reactive ketones (excluding diaryl/α,β-unsaturated/α-hetero) is 1. The molecule has 2 heterocycles. The van der Waals surface area contributed by atoms with Gasteiger partial charge in [-0.15, -0.1) is 0 Å². The first-order valence-corrected chi connectivity index (χ1v) is 11.8. The van der Waals surface area contributed by atoms with Gasteiger partial charge in [-0.1, -0.05) is 47.5 Å². The van der Waals surface area contributed by atoms with Crippen LogP contribution in [-0.4, -0.2) is 21.8 Å². The molecule has 1 aromatic heterocycles. The SMILES string of the molecule is Cc1cc(C)cc(N2C(=O)C(=O)/C(=C(/O)c3ccc(Cl)c(Cl)c3)C2c2c(C)[nH]c3ccccc23)c1. The Morgan fingerprint density at radius 2 is 1.60 bits per heavy atom. The first kappa shape index (κ1) is 23.2. The number of ketones is 1. The Bertz CT molecular complexity index is 1550. The van der Waals surface area contributed by atoms with Gasteiger partial charge in [0.15, 0.2) is 0 Å². The number of H-pyrrole nitrogens is 1. The third kappa shape index (κ3) is 3.81. The minimum absolute atomic E-state index is 0.000372. The topological polar surface area (TPSA) is 73.4 Å². The predicted octanol–water partition coefficient (Wildman–Crippen LogP) is 7.03. The number of aryl methyl sites for hydroxylation is 3. The molecule has 1 saturated heterocycles. The summed E-state index contributed by atoms with van der Waals surface area (Å²) in [5, 5.41) is 12.8. The third-order valence-corrected chi connectivity index (χ3v) is 7.08. The lowest BCUT2D eigenvalue weighted by Gasteiger charge is -2.26. The zero-order chi connectivity index (χ0) is 25.0. The van der Waals surface area contributed by atoms with E-state index in [2.05, 4.69) is 4.98 Å². The van der Waals surface area contributed by atoms with Crippen LogP contribution in [0.3, 0.4) is 0 Å². The molecule has 7 heteroatoms. The number of aromatic amines is 1. The van der Waals surface area contributed by atoms with E-state index in [4.69, 9.17) is 23.2 Å². The van der Waals surface area contributed by atoms with Gasteiger partial charge in [-0.05, 0) is 68.3 Å². The average molecular weight is 505 g/mol. The van der Waals surface area contributed by atoms with Crippen LogP contribution in [0.15, 0.2) is 66.2 Å². The second kappa shape index (κ2) is 8.59. The second-order valence-corrected chi connectivity index (χ2v) is 9.67. The largest absolute Gasteiger partial charge is 0.507 e. The zero-order valence-corrected chi connectivity index (χ0v) is 20.8. The quantitative estimate of drug-likeness (QED) is 0.178. The van der Waals surface area contributed by atoms with Crippen molar-refractivity contribution in [2.75, 3.05) is 4.90 Å². The van der Waals surface area contributed by atoms with E-state index in [0.29, 0.717) is 16.3 Å². The summed E-state index contributed by atoms with van der Waals surface area (Å²) < 4.78 is 0. The van der Waals surface area contributed by atoms with Crippen LogP contribution in [0.5, 0.6) is 0 Å². The summed E-state index contributed by atoms with van der Waals surface area (Å²) in [5.41, 5.74) is 5.24. The molecule has 4 aromatic rings. The monoisotopic (exact) mass is 504 g/mol. The summed E-state index contributed by atoms with van der Waals surface area (Å²) in [7, 11) is 0. The van der Waals surface area contributed by atoms with Crippen LogP contribution in [0.2, 0.25) is 10.0 Å². The molecule has 176 valence electrons. The zero-order valence-electron chi connectivity index (χ0n) is 19.3. The third-order valence-electron chi connectivity index (χ3n) is 6.34. The molecule has 0 radical (unpaired) electrons. The summed E-state index contributed by atoms with van der Waals surface area (Å²) in [5.74, 6) is -1.77. The molecule has 0 spiro atoms. The van der Waals surface area contributed by atoms with E-state index >= 15 is 0 Å². The summed E-state index contributed by atoms with van der Waals surface area (Å²) in [6.07, 6.45) is 0. The molecule has 3 aromatic carbocycles. The van der Waals surface area contributed by atoms with Crippen molar-refractivity contribution in [3.8, 4) is 0 Å². The standard InChI is InChI=1S/C28H22Cl2N2O3/c1-14-10-15(2)12-18(11-14)32-25(23-16(3)31-22-7-5-4-6-19(22)23)24(27(34)28(32)35)26(33)17-8-9-20(29)21(30)13-17/h4-13,25,31,33H,1-3H3/b26-24+. The molecule has 0 bridgehead atoms. The number of amides is 1. The number of fused-ring (bicyclic) bond motifs is 1. The molecule has 1 aliphatic rings. The van der Waals surface area contributed by atoms with Crippen LogP contribution < -0.4 is 4.90 Å².